The van der Waals surface area contributed by atoms with E-state index in [1.54, 1.807) is 0 Å². The van der Waals surface area contributed by atoms with E-state index in [1.807, 2.05) is 18.2 Å². The molecule has 0 spiro atoms. The van der Waals surface area contributed by atoms with Crippen molar-refractivity contribution in [2.75, 3.05) is 0 Å². The number of hydrogen-bond acceptors (Lipinski definition) is 2. The van der Waals surface area contributed by atoms with Crippen LogP contribution in [0.25, 0.3) is 0 Å². The Labute approximate surface area is 81.1 Å². The molecule has 1 saturated heterocycles. The summed E-state index contributed by atoms with van der Waals surface area (Å²) in [5, 5.41) is 0. The van der Waals surface area contributed by atoms with Gasteiger partial charge in [0.15, 0.2) is 0 Å². The van der Waals surface area contributed by atoms with E-state index in [2.05, 4.69) is 6.07 Å². The zero-order chi connectivity index (χ0) is 7.26. The standard InChI is InChI=1S/C9H8O2.Co/c1-2-4-7-6(3-1)5-8-9(10-7)11-8;/h1-4,8-9H,5H2;. The van der Waals surface area contributed by atoms with Gasteiger partial charge in [-0.25, -0.2) is 0 Å². The summed E-state index contributed by atoms with van der Waals surface area (Å²) in [4.78, 5) is 0. The molecule has 2 nitrogen and oxygen atoms in total. The Kier molecular flexibility index (Phi) is 1.86. The van der Waals surface area contributed by atoms with Crippen molar-refractivity contribution in [1.82, 2.24) is 0 Å². The fraction of sp³-hybridized carbons (Fsp3) is 0.333. The predicted octanol–water partition coefficient (Wildman–Crippen LogP) is 1.34. The number of rotatable bonds is 0. The molecule has 65 valence electrons. The molecule has 2 atom stereocenters. The molecule has 12 heavy (non-hydrogen) atoms. The van der Waals surface area contributed by atoms with Gasteiger partial charge in [0.2, 0.25) is 6.29 Å². The van der Waals surface area contributed by atoms with Gasteiger partial charge in [0, 0.05) is 23.2 Å². The molecule has 0 amide bonds. The van der Waals surface area contributed by atoms with Crippen molar-refractivity contribution in [1.29, 1.82) is 0 Å². The summed E-state index contributed by atoms with van der Waals surface area (Å²) in [6, 6.07) is 8.10. The zero-order valence-electron chi connectivity index (χ0n) is 6.32. The molecule has 2 aliphatic heterocycles. The maximum absolute atomic E-state index is 5.48. The Morgan fingerprint density at radius 1 is 1.25 bits per heavy atom. The SMILES string of the molecule is [Co].c1ccc2c(c1)CC1OC1O2. The van der Waals surface area contributed by atoms with Gasteiger partial charge in [-0.2, -0.15) is 0 Å². The van der Waals surface area contributed by atoms with Gasteiger partial charge >= 0.3 is 0 Å². The van der Waals surface area contributed by atoms with Crippen molar-refractivity contribution in [2.45, 2.75) is 18.8 Å². The van der Waals surface area contributed by atoms with Crippen LogP contribution in [0.2, 0.25) is 0 Å². The van der Waals surface area contributed by atoms with E-state index in [9.17, 15) is 0 Å². The minimum atomic E-state index is 0. The summed E-state index contributed by atoms with van der Waals surface area (Å²) < 4.78 is 10.7. The van der Waals surface area contributed by atoms with Crippen molar-refractivity contribution in [3.8, 4) is 5.75 Å². The molecule has 1 aromatic carbocycles. The van der Waals surface area contributed by atoms with E-state index >= 15 is 0 Å². The molecule has 3 heteroatoms. The summed E-state index contributed by atoms with van der Waals surface area (Å²) >= 11 is 0. The largest absolute Gasteiger partial charge is 0.462 e. The van der Waals surface area contributed by atoms with Crippen LogP contribution in [0.4, 0.5) is 0 Å². The first-order valence-corrected chi connectivity index (χ1v) is 3.83. The van der Waals surface area contributed by atoms with E-state index in [0.717, 1.165) is 12.2 Å². The summed E-state index contributed by atoms with van der Waals surface area (Å²) in [5.74, 6) is 0.992. The van der Waals surface area contributed by atoms with Gasteiger partial charge in [-0.1, -0.05) is 18.2 Å². The summed E-state index contributed by atoms with van der Waals surface area (Å²) in [6.45, 7) is 0. The molecule has 2 unspecified atom stereocenters. The van der Waals surface area contributed by atoms with Gasteiger partial charge in [-0.3, -0.25) is 0 Å². The molecule has 2 heterocycles. The van der Waals surface area contributed by atoms with Crippen LogP contribution in [-0.2, 0) is 27.9 Å². The average Bonchev–Trinajstić information content (AvgIpc) is 2.77. The van der Waals surface area contributed by atoms with Gasteiger partial charge in [-0.15, -0.1) is 0 Å². The Balaban J connectivity index is 0.000000563. The Hall–Kier alpha value is -0.514. The maximum atomic E-state index is 5.48. The second-order valence-corrected chi connectivity index (χ2v) is 2.97. The predicted molar refractivity (Wildman–Crippen MR) is 39.4 cm³/mol. The van der Waals surface area contributed by atoms with Crippen LogP contribution in [0.15, 0.2) is 24.3 Å². The molecular formula is C9H8CoO2. The fourth-order valence-electron chi connectivity index (χ4n) is 1.50. The minimum absolute atomic E-state index is 0. The molecule has 3 rings (SSSR count). The van der Waals surface area contributed by atoms with E-state index in [1.165, 1.54) is 5.56 Å². The molecule has 1 fully saturated rings. The second-order valence-electron chi connectivity index (χ2n) is 2.97. The third-order valence-corrected chi connectivity index (χ3v) is 2.17. The van der Waals surface area contributed by atoms with E-state index in [4.69, 9.17) is 9.47 Å². The molecule has 0 bridgehead atoms. The average molecular weight is 207 g/mol. The van der Waals surface area contributed by atoms with E-state index in [0.29, 0.717) is 6.10 Å². The molecular weight excluding hydrogens is 199 g/mol. The molecule has 1 radical (unpaired) electrons. The molecule has 2 aliphatic rings. The van der Waals surface area contributed by atoms with Gasteiger partial charge in [0.05, 0.1) is 0 Å². The van der Waals surface area contributed by atoms with Crippen molar-refractivity contribution in [2.24, 2.45) is 0 Å². The van der Waals surface area contributed by atoms with Crippen molar-refractivity contribution in [3.63, 3.8) is 0 Å². The zero-order valence-corrected chi connectivity index (χ0v) is 7.36. The van der Waals surface area contributed by atoms with Crippen LogP contribution >= 0.6 is 0 Å². The Morgan fingerprint density at radius 3 is 3.00 bits per heavy atom. The second kappa shape index (κ2) is 2.76. The smallest absolute Gasteiger partial charge is 0.227 e. The first-order chi connectivity index (χ1) is 5.43. The van der Waals surface area contributed by atoms with Crippen molar-refractivity contribution < 1.29 is 26.3 Å². The van der Waals surface area contributed by atoms with Crippen LogP contribution in [-0.4, -0.2) is 12.4 Å². The number of ether oxygens (including phenoxy) is 2. The number of benzene rings is 1. The molecule has 0 aromatic heterocycles. The van der Waals surface area contributed by atoms with Gasteiger partial charge in [0.25, 0.3) is 0 Å². The van der Waals surface area contributed by atoms with Gasteiger partial charge in [0.1, 0.15) is 11.9 Å². The van der Waals surface area contributed by atoms with Crippen LogP contribution in [0, 0.1) is 0 Å². The first kappa shape index (κ1) is 8.10. The van der Waals surface area contributed by atoms with Crippen molar-refractivity contribution in [3.05, 3.63) is 29.8 Å². The Bertz CT molecular complexity index is 271. The molecule has 1 aromatic rings. The number of para-hydroxylation sites is 1. The van der Waals surface area contributed by atoms with Gasteiger partial charge < -0.3 is 9.47 Å². The number of hydrogen-bond donors (Lipinski definition) is 0. The van der Waals surface area contributed by atoms with Crippen molar-refractivity contribution >= 4 is 0 Å². The maximum Gasteiger partial charge on any atom is 0.227 e. The summed E-state index contributed by atoms with van der Waals surface area (Å²) in [5.41, 5.74) is 1.27. The normalized spacial score (nSPS) is 29.0. The third kappa shape index (κ3) is 1.14. The van der Waals surface area contributed by atoms with Crippen LogP contribution < -0.4 is 4.74 Å². The topological polar surface area (TPSA) is 21.8 Å². The monoisotopic (exact) mass is 207 g/mol. The molecule has 0 saturated carbocycles. The molecule has 0 aliphatic carbocycles. The van der Waals surface area contributed by atoms with Crippen LogP contribution in [0.3, 0.4) is 0 Å². The summed E-state index contributed by atoms with van der Waals surface area (Å²) in [7, 11) is 0. The first-order valence-electron chi connectivity index (χ1n) is 3.83. The van der Waals surface area contributed by atoms with Gasteiger partial charge in [-0.05, 0) is 11.6 Å². The number of epoxide rings is 1. The minimum Gasteiger partial charge on any atom is -0.462 e. The third-order valence-electron chi connectivity index (χ3n) is 2.17. The van der Waals surface area contributed by atoms with E-state index in [-0.39, 0.29) is 23.1 Å². The Morgan fingerprint density at radius 2 is 2.08 bits per heavy atom. The van der Waals surface area contributed by atoms with Crippen LogP contribution in [0.5, 0.6) is 5.75 Å². The summed E-state index contributed by atoms with van der Waals surface area (Å²) in [6.07, 6.45) is 1.41. The fourth-order valence-corrected chi connectivity index (χ4v) is 1.50. The van der Waals surface area contributed by atoms with Crippen LogP contribution in [0.1, 0.15) is 5.56 Å². The van der Waals surface area contributed by atoms with E-state index < -0.39 is 0 Å². The quantitative estimate of drug-likeness (QED) is 0.599. The molecule has 0 N–H and O–H groups in total. The number of fused-ring (bicyclic) bond motifs is 2.